The lowest BCUT2D eigenvalue weighted by Gasteiger charge is -2.17. The van der Waals surface area contributed by atoms with Crippen molar-refractivity contribution in [1.29, 1.82) is 0 Å². The van der Waals surface area contributed by atoms with E-state index >= 15 is 0 Å². The van der Waals surface area contributed by atoms with Crippen molar-refractivity contribution < 1.29 is 8.81 Å². The van der Waals surface area contributed by atoms with Gasteiger partial charge in [0.15, 0.2) is 4.67 Å². The third-order valence-corrected chi connectivity index (χ3v) is 3.80. The zero-order valence-electron chi connectivity index (χ0n) is 9.01. The van der Waals surface area contributed by atoms with E-state index in [-0.39, 0.29) is 11.9 Å². The first-order valence-electron chi connectivity index (χ1n) is 4.99. The Kier molecular flexibility index (Phi) is 4.01. The first-order valence-corrected chi connectivity index (χ1v) is 6.57. The molecule has 0 saturated heterocycles. The number of benzene rings is 1. The molecule has 2 rings (SSSR count). The minimum Gasteiger partial charge on any atom is -0.457 e. The molecule has 0 aliphatic heterocycles. The number of hydrogen-bond acceptors (Lipinski definition) is 2. The van der Waals surface area contributed by atoms with Crippen molar-refractivity contribution in [3.63, 3.8) is 0 Å². The third kappa shape index (κ3) is 2.46. The molecule has 2 aromatic rings. The monoisotopic (exact) mass is 361 g/mol. The Bertz CT molecular complexity index is 527. The fourth-order valence-corrected chi connectivity index (χ4v) is 2.58. The van der Waals surface area contributed by atoms with Gasteiger partial charge in [0, 0.05) is 11.1 Å². The average Bonchev–Trinajstić information content (AvgIpc) is 2.72. The molecule has 0 aliphatic carbocycles. The normalized spacial score (nSPS) is 12.7. The molecular formula is C12H10Br2FNO. The summed E-state index contributed by atoms with van der Waals surface area (Å²) in [5.41, 5.74) is 1.44. The summed E-state index contributed by atoms with van der Waals surface area (Å²) >= 11 is 6.49. The lowest BCUT2D eigenvalue weighted by atomic mass is 10.0. The van der Waals surface area contributed by atoms with Gasteiger partial charge in [-0.05, 0) is 51.0 Å². The second-order valence-electron chi connectivity index (χ2n) is 3.51. The second kappa shape index (κ2) is 5.33. The van der Waals surface area contributed by atoms with Gasteiger partial charge in [0.2, 0.25) is 0 Å². The van der Waals surface area contributed by atoms with E-state index in [4.69, 9.17) is 4.42 Å². The summed E-state index contributed by atoms with van der Waals surface area (Å²) in [5, 5.41) is 3.08. The topological polar surface area (TPSA) is 25.2 Å². The van der Waals surface area contributed by atoms with Crippen molar-refractivity contribution in [3.05, 3.63) is 56.6 Å². The molecule has 1 N–H and O–H groups in total. The number of furan rings is 1. The molecule has 90 valence electrons. The molecule has 0 bridgehead atoms. The number of hydrogen-bond donors (Lipinski definition) is 1. The summed E-state index contributed by atoms with van der Waals surface area (Å²) in [7, 11) is 1.78. The Balaban J connectivity index is 2.50. The highest BCUT2D eigenvalue weighted by Gasteiger charge is 2.21. The molecule has 0 radical (unpaired) electrons. The Morgan fingerprint density at radius 2 is 2.00 bits per heavy atom. The minimum atomic E-state index is -0.264. The molecule has 0 spiro atoms. The van der Waals surface area contributed by atoms with E-state index in [1.807, 2.05) is 6.07 Å². The van der Waals surface area contributed by atoms with E-state index in [0.717, 1.165) is 5.56 Å². The predicted octanol–water partition coefficient (Wildman–Crippen LogP) is 4.25. The number of rotatable bonds is 3. The van der Waals surface area contributed by atoms with Gasteiger partial charge in [-0.15, -0.1) is 0 Å². The molecule has 0 aliphatic rings. The quantitative estimate of drug-likeness (QED) is 0.882. The third-order valence-electron chi connectivity index (χ3n) is 2.54. The van der Waals surface area contributed by atoms with E-state index in [0.29, 0.717) is 14.7 Å². The van der Waals surface area contributed by atoms with E-state index in [9.17, 15) is 4.39 Å². The maximum absolute atomic E-state index is 14.0. The minimum absolute atomic E-state index is 0.249. The zero-order valence-corrected chi connectivity index (χ0v) is 12.2. The van der Waals surface area contributed by atoms with Crippen LogP contribution in [0.15, 0.2) is 44.1 Å². The SMILES string of the molecule is CNC(c1ccoc1Br)c1cccc(Br)c1F. The van der Waals surface area contributed by atoms with Crippen LogP contribution in [0.4, 0.5) is 4.39 Å². The average molecular weight is 363 g/mol. The van der Waals surface area contributed by atoms with Crippen LogP contribution in [0.2, 0.25) is 0 Å². The van der Waals surface area contributed by atoms with Crippen LogP contribution in [-0.4, -0.2) is 7.05 Å². The van der Waals surface area contributed by atoms with Crippen molar-refractivity contribution in [3.8, 4) is 0 Å². The summed E-state index contributed by atoms with van der Waals surface area (Å²) < 4.78 is 20.3. The van der Waals surface area contributed by atoms with E-state index in [2.05, 4.69) is 37.2 Å². The lowest BCUT2D eigenvalue weighted by Crippen LogP contribution is -2.18. The molecule has 0 amide bonds. The first kappa shape index (κ1) is 12.8. The summed E-state index contributed by atoms with van der Waals surface area (Å²) in [6.45, 7) is 0. The van der Waals surface area contributed by atoms with Crippen LogP contribution >= 0.6 is 31.9 Å². The van der Waals surface area contributed by atoms with Crippen LogP contribution in [0.25, 0.3) is 0 Å². The number of halogens is 3. The van der Waals surface area contributed by atoms with E-state index in [1.165, 1.54) is 0 Å². The van der Waals surface area contributed by atoms with Crippen molar-refractivity contribution in [2.45, 2.75) is 6.04 Å². The molecule has 1 aromatic carbocycles. The molecule has 1 atom stereocenters. The van der Waals surface area contributed by atoms with Gasteiger partial charge in [0.05, 0.1) is 16.8 Å². The smallest absolute Gasteiger partial charge is 0.174 e. The molecule has 1 unspecified atom stereocenters. The molecule has 0 saturated carbocycles. The summed E-state index contributed by atoms with van der Waals surface area (Å²) in [6, 6.07) is 6.80. The largest absolute Gasteiger partial charge is 0.457 e. The number of nitrogens with one attached hydrogen (secondary N) is 1. The molecule has 1 aromatic heterocycles. The Hall–Kier alpha value is -0.650. The van der Waals surface area contributed by atoms with Crippen LogP contribution in [0, 0.1) is 5.82 Å². The van der Waals surface area contributed by atoms with Gasteiger partial charge in [-0.3, -0.25) is 0 Å². The molecule has 5 heteroatoms. The van der Waals surface area contributed by atoms with Crippen molar-refractivity contribution >= 4 is 31.9 Å². The Morgan fingerprint density at radius 1 is 1.24 bits per heavy atom. The zero-order chi connectivity index (χ0) is 12.4. The molecule has 1 heterocycles. The summed E-state index contributed by atoms with van der Waals surface area (Å²) in [4.78, 5) is 0. The molecule has 0 fully saturated rings. The van der Waals surface area contributed by atoms with Crippen LogP contribution in [0.1, 0.15) is 17.2 Å². The van der Waals surface area contributed by atoms with Gasteiger partial charge in [0.25, 0.3) is 0 Å². The van der Waals surface area contributed by atoms with Crippen LogP contribution in [0.3, 0.4) is 0 Å². The van der Waals surface area contributed by atoms with Gasteiger partial charge >= 0.3 is 0 Å². The fraction of sp³-hybridized carbons (Fsp3) is 0.167. The van der Waals surface area contributed by atoms with Gasteiger partial charge < -0.3 is 9.73 Å². The highest BCUT2D eigenvalue weighted by molar-refractivity contribution is 9.10. The van der Waals surface area contributed by atoms with Crippen LogP contribution < -0.4 is 5.32 Å². The maximum atomic E-state index is 14.0. The van der Waals surface area contributed by atoms with Crippen molar-refractivity contribution in [2.24, 2.45) is 0 Å². The molecular weight excluding hydrogens is 353 g/mol. The van der Waals surface area contributed by atoms with Crippen LogP contribution in [0.5, 0.6) is 0 Å². The fourth-order valence-electron chi connectivity index (χ4n) is 1.73. The highest BCUT2D eigenvalue weighted by Crippen LogP contribution is 2.32. The Morgan fingerprint density at radius 3 is 2.59 bits per heavy atom. The first-order chi connectivity index (χ1) is 8.15. The standard InChI is InChI=1S/C12H10Br2FNO/c1-16-11(8-5-6-17-12(8)14)7-3-2-4-9(13)10(7)15/h2-6,11,16H,1H3. The second-order valence-corrected chi connectivity index (χ2v) is 5.09. The highest BCUT2D eigenvalue weighted by atomic mass is 79.9. The molecule has 2 nitrogen and oxygen atoms in total. The maximum Gasteiger partial charge on any atom is 0.174 e. The predicted molar refractivity (Wildman–Crippen MR) is 71.4 cm³/mol. The van der Waals surface area contributed by atoms with Crippen LogP contribution in [-0.2, 0) is 0 Å². The van der Waals surface area contributed by atoms with E-state index < -0.39 is 0 Å². The molecule has 17 heavy (non-hydrogen) atoms. The van der Waals surface area contributed by atoms with Gasteiger partial charge in [0.1, 0.15) is 5.82 Å². The van der Waals surface area contributed by atoms with Gasteiger partial charge in [-0.2, -0.15) is 0 Å². The Labute approximate surface area is 115 Å². The van der Waals surface area contributed by atoms with E-state index in [1.54, 1.807) is 31.5 Å². The van der Waals surface area contributed by atoms with Gasteiger partial charge in [-0.25, -0.2) is 4.39 Å². The summed E-state index contributed by atoms with van der Waals surface area (Å²) in [5.74, 6) is -0.264. The van der Waals surface area contributed by atoms with Crippen molar-refractivity contribution in [1.82, 2.24) is 5.32 Å². The van der Waals surface area contributed by atoms with Crippen molar-refractivity contribution in [2.75, 3.05) is 7.05 Å². The van der Waals surface area contributed by atoms with Gasteiger partial charge in [-0.1, -0.05) is 12.1 Å². The summed E-state index contributed by atoms with van der Waals surface area (Å²) in [6.07, 6.45) is 1.57. The lowest BCUT2D eigenvalue weighted by molar-refractivity contribution is 0.524.